The summed E-state index contributed by atoms with van der Waals surface area (Å²) in [4.78, 5) is 25.0. The van der Waals surface area contributed by atoms with Crippen LogP contribution >= 0.6 is 0 Å². The minimum absolute atomic E-state index is 0.00231. The molecule has 0 aromatic rings. The van der Waals surface area contributed by atoms with Crippen molar-refractivity contribution in [3.63, 3.8) is 0 Å². The van der Waals surface area contributed by atoms with Crippen LogP contribution in [0.15, 0.2) is 0 Å². The Labute approximate surface area is 85.5 Å². The predicted octanol–water partition coefficient (Wildman–Crippen LogP) is 1.82. The Balaban J connectivity index is 2.92. The highest BCUT2D eigenvalue weighted by Gasteiger charge is 2.44. The summed E-state index contributed by atoms with van der Waals surface area (Å²) in [7, 11) is 0. The molecule has 3 heteroatoms. The SMILES string of the molecule is CC(C)C1CC(=O)N(C(C)(C)C)C1=O. The van der Waals surface area contributed by atoms with Crippen molar-refractivity contribution < 1.29 is 9.59 Å². The number of carbonyl (C=O) groups excluding carboxylic acids is 2. The first-order valence-electron chi connectivity index (χ1n) is 5.12. The standard InChI is InChI=1S/C11H19NO2/c1-7(2)8-6-9(13)12(10(8)14)11(3,4)5/h7-8H,6H2,1-5H3. The number of rotatable bonds is 1. The van der Waals surface area contributed by atoms with Crippen LogP contribution in [-0.4, -0.2) is 22.3 Å². The normalized spacial score (nSPS) is 23.9. The fourth-order valence-electron chi connectivity index (χ4n) is 1.88. The van der Waals surface area contributed by atoms with E-state index in [1.54, 1.807) is 0 Å². The molecule has 1 fully saturated rings. The molecule has 0 spiro atoms. The highest BCUT2D eigenvalue weighted by atomic mass is 16.2. The van der Waals surface area contributed by atoms with E-state index in [1.165, 1.54) is 4.90 Å². The fourth-order valence-corrected chi connectivity index (χ4v) is 1.88. The molecule has 3 nitrogen and oxygen atoms in total. The summed E-state index contributed by atoms with van der Waals surface area (Å²) in [5.74, 6) is 0.110. The van der Waals surface area contributed by atoms with Crippen molar-refractivity contribution >= 4 is 11.8 Å². The Morgan fingerprint density at radius 3 is 2.00 bits per heavy atom. The molecule has 0 aliphatic carbocycles. The summed E-state index contributed by atoms with van der Waals surface area (Å²) in [6, 6.07) is 0. The molecular weight excluding hydrogens is 178 g/mol. The molecule has 0 aromatic carbocycles. The van der Waals surface area contributed by atoms with E-state index in [1.807, 2.05) is 34.6 Å². The molecule has 80 valence electrons. The molecule has 1 unspecified atom stereocenters. The van der Waals surface area contributed by atoms with E-state index >= 15 is 0 Å². The second-order valence-corrected chi connectivity index (χ2v) is 5.29. The molecule has 0 saturated carbocycles. The smallest absolute Gasteiger partial charge is 0.233 e. The quantitative estimate of drug-likeness (QED) is 0.601. The topological polar surface area (TPSA) is 37.4 Å². The van der Waals surface area contributed by atoms with E-state index in [0.717, 1.165) is 0 Å². The average Bonchev–Trinajstić information content (AvgIpc) is 2.24. The molecule has 1 atom stereocenters. The van der Waals surface area contributed by atoms with Gasteiger partial charge in [-0.3, -0.25) is 14.5 Å². The van der Waals surface area contributed by atoms with Gasteiger partial charge in [-0.2, -0.15) is 0 Å². The van der Waals surface area contributed by atoms with Crippen LogP contribution in [0, 0.1) is 11.8 Å². The molecule has 14 heavy (non-hydrogen) atoms. The van der Waals surface area contributed by atoms with Crippen LogP contribution in [0.4, 0.5) is 0 Å². The first kappa shape index (κ1) is 11.2. The van der Waals surface area contributed by atoms with Gasteiger partial charge in [0.25, 0.3) is 0 Å². The lowest BCUT2D eigenvalue weighted by atomic mass is 9.94. The maximum Gasteiger partial charge on any atom is 0.233 e. The number of hydrogen-bond donors (Lipinski definition) is 0. The third-order valence-electron chi connectivity index (χ3n) is 2.66. The summed E-state index contributed by atoms with van der Waals surface area (Å²) in [6.45, 7) is 9.66. The van der Waals surface area contributed by atoms with Crippen LogP contribution in [0.2, 0.25) is 0 Å². The zero-order chi connectivity index (χ0) is 11.1. The van der Waals surface area contributed by atoms with Crippen molar-refractivity contribution in [2.75, 3.05) is 0 Å². The third-order valence-corrected chi connectivity index (χ3v) is 2.66. The lowest BCUT2D eigenvalue weighted by Crippen LogP contribution is -2.45. The Hall–Kier alpha value is -0.860. The number of hydrogen-bond acceptors (Lipinski definition) is 2. The van der Waals surface area contributed by atoms with Gasteiger partial charge < -0.3 is 0 Å². The maximum atomic E-state index is 11.9. The van der Waals surface area contributed by atoms with E-state index in [-0.39, 0.29) is 29.2 Å². The van der Waals surface area contributed by atoms with Crippen LogP contribution in [-0.2, 0) is 9.59 Å². The zero-order valence-corrected chi connectivity index (χ0v) is 9.63. The summed E-state index contributed by atoms with van der Waals surface area (Å²) in [5, 5.41) is 0. The Bertz CT molecular complexity index is 263. The zero-order valence-electron chi connectivity index (χ0n) is 9.63. The van der Waals surface area contributed by atoms with Gasteiger partial charge in [-0.1, -0.05) is 13.8 Å². The van der Waals surface area contributed by atoms with Gasteiger partial charge in [-0.25, -0.2) is 0 Å². The third kappa shape index (κ3) is 1.81. The first-order chi connectivity index (χ1) is 6.25. The summed E-state index contributed by atoms with van der Waals surface area (Å²) in [5.41, 5.74) is -0.377. The van der Waals surface area contributed by atoms with Gasteiger partial charge >= 0.3 is 0 Å². The van der Waals surface area contributed by atoms with Crippen molar-refractivity contribution in [1.82, 2.24) is 4.90 Å². The van der Waals surface area contributed by atoms with Crippen LogP contribution in [0.5, 0.6) is 0 Å². The number of likely N-dealkylation sites (tertiary alicyclic amines) is 1. The fraction of sp³-hybridized carbons (Fsp3) is 0.818. The van der Waals surface area contributed by atoms with Gasteiger partial charge in [0.05, 0.1) is 0 Å². The number of carbonyl (C=O) groups is 2. The van der Waals surface area contributed by atoms with Crippen molar-refractivity contribution in [3.05, 3.63) is 0 Å². The number of imide groups is 1. The highest BCUT2D eigenvalue weighted by Crippen LogP contribution is 2.31. The Morgan fingerprint density at radius 2 is 1.79 bits per heavy atom. The minimum Gasteiger partial charge on any atom is -0.277 e. The molecular formula is C11H19NO2. The predicted molar refractivity (Wildman–Crippen MR) is 54.6 cm³/mol. The van der Waals surface area contributed by atoms with Crippen molar-refractivity contribution in [2.45, 2.75) is 46.6 Å². The molecule has 1 heterocycles. The van der Waals surface area contributed by atoms with E-state index in [9.17, 15) is 9.59 Å². The molecule has 1 aliphatic rings. The van der Waals surface area contributed by atoms with E-state index in [2.05, 4.69) is 0 Å². The largest absolute Gasteiger partial charge is 0.277 e. The first-order valence-corrected chi connectivity index (χ1v) is 5.12. The number of amides is 2. The second-order valence-electron chi connectivity index (χ2n) is 5.29. The Kier molecular flexibility index (Phi) is 2.70. The average molecular weight is 197 g/mol. The van der Waals surface area contributed by atoms with Gasteiger partial charge in [-0.05, 0) is 26.7 Å². The van der Waals surface area contributed by atoms with Gasteiger partial charge in [0, 0.05) is 17.9 Å². The van der Waals surface area contributed by atoms with E-state index in [4.69, 9.17) is 0 Å². The Morgan fingerprint density at radius 1 is 1.29 bits per heavy atom. The molecule has 0 aromatic heterocycles. The van der Waals surface area contributed by atoms with Gasteiger partial charge in [0.15, 0.2) is 0 Å². The van der Waals surface area contributed by atoms with Crippen molar-refractivity contribution in [1.29, 1.82) is 0 Å². The lowest BCUT2D eigenvalue weighted by molar-refractivity contribution is -0.145. The molecule has 0 bridgehead atoms. The van der Waals surface area contributed by atoms with Crippen LogP contribution in [0.3, 0.4) is 0 Å². The summed E-state index contributed by atoms with van der Waals surface area (Å²) < 4.78 is 0. The molecule has 2 amide bonds. The van der Waals surface area contributed by atoms with Crippen LogP contribution in [0.25, 0.3) is 0 Å². The summed E-state index contributed by atoms with van der Waals surface area (Å²) in [6.07, 6.45) is 0.383. The molecule has 0 radical (unpaired) electrons. The van der Waals surface area contributed by atoms with E-state index in [0.29, 0.717) is 6.42 Å². The van der Waals surface area contributed by atoms with Crippen LogP contribution in [0.1, 0.15) is 41.0 Å². The van der Waals surface area contributed by atoms with Crippen LogP contribution < -0.4 is 0 Å². The molecule has 0 N–H and O–H groups in total. The molecule has 1 aliphatic heterocycles. The maximum absolute atomic E-state index is 11.9. The highest BCUT2D eigenvalue weighted by molar-refractivity contribution is 6.04. The lowest BCUT2D eigenvalue weighted by Gasteiger charge is -2.30. The van der Waals surface area contributed by atoms with Crippen molar-refractivity contribution in [2.24, 2.45) is 11.8 Å². The van der Waals surface area contributed by atoms with E-state index < -0.39 is 0 Å². The molecule has 1 saturated heterocycles. The monoisotopic (exact) mass is 197 g/mol. The van der Waals surface area contributed by atoms with Gasteiger partial charge in [0.1, 0.15) is 0 Å². The van der Waals surface area contributed by atoms with Gasteiger partial charge in [0.2, 0.25) is 11.8 Å². The van der Waals surface area contributed by atoms with Gasteiger partial charge in [-0.15, -0.1) is 0 Å². The summed E-state index contributed by atoms with van der Waals surface area (Å²) >= 11 is 0. The minimum atomic E-state index is -0.377. The van der Waals surface area contributed by atoms with Crippen molar-refractivity contribution in [3.8, 4) is 0 Å². The molecule has 1 rings (SSSR count). The second kappa shape index (κ2) is 3.37. The number of nitrogens with zero attached hydrogens (tertiary/aromatic N) is 1.